The second-order valence-corrected chi connectivity index (χ2v) is 8.27. The van der Waals surface area contributed by atoms with Gasteiger partial charge < -0.3 is 10.6 Å². The van der Waals surface area contributed by atoms with Crippen LogP contribution in [0.25, 0.3) is 0 Å². The average Bonchev–Trinajstić information content (AvgIpc) is 2.87. The monoisotopic (exact) mass is 302 g/mol. The summed E-state index contributed by atoms with van der Waals surface area (Å²) in [5.74, 6) is 0.300. The summed E-state index contributed by atoms with van der Waals surface area (Å²) in [5.41, 5.74) is 5.79. The lowest BCUT2D eigenvalue weighted by Gasteiger charge is -2.35. The van der Waals surface area contributed by atoms with E-state index in [1.807, 2.05) is 6.92 Å². The Morgan fingerprint density at radius 1 is 1.20 bits per heavy atom. The van der Waals surface area contributed by atoms with Crippen LogP contribution < -0.4 is 5.73 Å². The fraction of sp³-hybridized carbons (Fsp3) is 0.929. The van der Waals surface area contributed by atoms with Crippen LogP contribution in [-0.2, 0) is 14.6 Å². The van der Waals surface area contributed by atoms with Gasteiger partial charge in [-0.1, -0.05) is 12.8 Å². The van der Waals surface area contributed by atoms with Crippen LogP contribution in [-0.4, -0.2) is 49.4 Å². The Morgan fingerprint density at radius 2 is 1.95 bits per heavy atom. The first-order chi connectivity index (χ1) is 9.51. The number of carbonyl (C=O) groups excluding carboxylic acids is 1. The average molecular weight is 302 g/mol. The lowest BCUT2D eigenvalue weighted by Crippen LogP contribution is -2.51. The molecule has 2 aliphatic rings. The lowest BCUT2D eigenvalue weighted by atomic mass is 10.0. The molecule has 116 valence electrons. The highest BCUT2D eigenvalue weighted by molar-refractivity contribution is 7.92. The number of carbonyl (C=O) groups is 1. The van der Waals surface area contributed by atoms with Crippen LogP contribution >= 0.6 is 0 Å². The minimum absolute atomic E-state index is 0.134. The first-order valence-electron chi connectivity index (χ1n) is 7.73. The Hall–Kier alpha value is -0.620. The molecule has 6 heteroatoms. The smallest absolute Gasteiger partial charge is 0.241 e. The van der Waals surface area contributed by atoms with Crippen LogP contribution in [0.3, 0.4) is 0 Å². The second-order valence-electron chi connectivity index (χ2n) is 5.97. The van der Waals surface area contributed by atoms with E-state index < -0.39 is 15.1 Å². The largest absolute Gasteiger partial charge is 0.339 e. The second kappa shape index (κ2) is 6.43. The van der Waals surface area contributed by atoms with Gasteiger partial charge in [-0.15, -0.1) is 0 Å². The van der Waals surface area contributed by atoms with Crippen molar-refractivity contribution in [3.05, 3.63) is 0 Å². The van der Waals surface area contributed by atoms with E-state index in [0.717, 1.165) is 25.7 Å². The Kier molecular flexibility index (Phi) is 5.07. The van der Waals surface area contributed by atoms with Crippen LogP contribution in [0.15, 0.2) is 0 Å². The Morgan fingerprint density at radius 3 is 2.55 bits per heavy atom. The fourth-order valence-electron chi connectivity index (χ4n) is 3.67. The number of nitrogens with two attached hydrogens (primary N) is 1. The van der Waals surface area contributed by atoms with Crippen LogP contribution in [0.2, 0.25) is 0 Å². The summed E-state index contributed by atoms with van der Waals surface area (Å²) in [6.45, 7) is 3.08. The minimum atomic E-state index is -3.25. The number of rotatable bonds is 4. The number of nitrogens with zero attached hydrogens (tertiary/aromatic N) is 1. The first kappa shape index (κ1) is 15.8. The number of amides is 1. The molecule has 2 N–H and O–H groups in total. The van der Waals surface area contributed by atoms with Crippen molar-refractivity contribution in [2.24, 2.45) is 11.7 Å². The van der Waals surface area contributed by atoms with Crippen molar-refractivity contribution in [3.8, 4) is 0 Å². The summed E-state index contributed by atoms with van der Waals surface area (Å²) >= 11 is 0. The van der Waals surface area contributed by atoms with Gasteiger partial charge in [0.25, 0.3) is 0 Å². The van der Waals surface area contributed by atoms with Crippen molar-refractivity contribution in [2.75, 3.05) is 18.8 Å². The highest BCUT2D eigenvalue weighted by Crippen LogP contribution is 2.31. The van der Waals surface area contributed by atoms with E-state index >= 15 is 0 Å². The van der Waals surface area contributed by atoms with E-state index in [1.54, 1.807) is 4.90 Å². The van der Waals surface area contributed by atoms with Crippen molar-refractivity contribution < 1.29 is 13.2 Å². The molecule has 3 unspecified atom stereocenters. The van der Waals surface area contributed by atoms with Gasteiger partial charge in [-0.25, -0.2) is 8.42 Å². The van der Waals surface area contributed by atoms with Crippen molar-refractivity contribution in [1.29, 1.82) is 0 Å². The third-order valence-corrected chi connectivity index (χ3v) is 6.96. The van der Waals surface area contributed by atoms with Gasteiger partial charge in [0, 0.05) is 12.6 Å². The summed E-state index contributed by atoms with van der Waals surface area (Å²) in [7, 11) is -3.25. The highest BCUT2D eigenvalue weighted by atomic mass is 32.2. The Labute approximate surface area is 121 Å². The zero-order valence-electron chi connectivity index (χ0n) is 12.3. The number of sulfone groups is 1. The van der Waals surface area contributed by atoms with E-state index in [2.05, 4.69) is 0 Å². The SMILES string of the molecule is CCN(C(=O)C1CCCCS1(=O)=O)C1CCCC1CN. The van der Waals surface area contributed by atoms with E-state index in [4.69, 9.17) is 5.73 Å². The molecule has 1 aliphatic heterocycles. The highest BCUT2D eigenvalue weighted by Gasteiger charge is 2.41. The van der Waals surface area contributed by atoms with Crippen LogP contribution in [0.5, 0.6) is 0 Å². The van der Waals surface area contributed by atoms with Gasteiger partial charge in [0.1, 0.15) is 5.25 Å². The molecule has 1 aliphatic carbocycles. The van der Waals surface area contributed by atoms with Gasteiger partial charge in [0.15, 0.2) is 9.84 Å². The van der Waals surface area contributed by atoms with E-state index in [9.17, 15) is 13.2 Å². The summed E-state index contributed by atoms with van der Waals surface area (Å²) in [6, 6.07) is 0.134. The van der Waals surface area contributed by atoms with Crippen molar-refractivity contribution in [2.45, 2.75) is 56.7 Å². The molecule has 2 rings (SSSR count). The van der Waals surface area contributed by atoms with Gasteiger partial charge >= 0.3 is 0 Å². The molecule has 0 aromatic heterocycles. The van der Waals surface area contributed by atoms with Gasteiger partial charge in [-0.3, -0.25) is 4.79 Å². The van der Waals surface area contributed by atoms with Crippen molar-refractivity contribution >= 4 is 15.7 Å². The number of hydrogen-bond acceptors (Lipinski definition) is 4. The molecule has 0 spiro atoms. The molecule has 2 fully saturated rings. The normalized spacial score (nSPS) is 33.0. The van der Waals surface area contributed by atoms with Crippen LogP contribution in [0, 0.1) is 5.92 Å². The zero-order chi connectivity index (χ0) is 14.8. The van der Waals surface area contributed by atoms with Gasteiger partial charge in [-0.05, 0) is 45.1 Å². The number of hydrogen-bond donors (Lipinski definition) is 1. The quantitative estimate of drug-likeness (QED) is 0.837. The maximum Gasteiger partial charge on any atom is 0.241 e. The van der Waals surface area contributed by atoms with Gasteiger partial charge in [0.2, 0.25) is 5.91 Å². The first-order valence-corrected chi connectivity index (χ1v) is 9.45. The fourth-order valence-corrected chi connectivity index (χ4v) is 5.53. The molecule has 0 bridgehead atoms. The van der Waals surface area contributed by atoms with E-state index in [-0.39, 0.29) is 17.7 Å². The van der Waals surface area contributed by atoms with Crippen molar-refractivity contribution in [3.63, 3.8) is 0 Å². The molecule has 1 saturated carbocycles. The standard InChI is InChI=1S/C14H26N2O3S/c1-2-16(12-7-5-6-11(12)10-15)14(17)13-8-3-4-9-20(13,18)19/h11-13H,2-10,15H2,1H3. The molecule has 1 amide bonds. The molecule has 1 heterocycles. The summed E-state index contributed by atoms with van der Waals surface area (Å²) in [5, 5.41) is -0.810. The van der Waals surface area contributed by atoms with Gasteiger partial charge in [-0.2, -0.15) is 0 Å². The predicted octanol–water partition coefficient (Wildman–Crippen LogP) is 0.930. The molecule has 5 nitrogen and oxygen atoms in total. The summed E-state index contributed by atoms with van der Waals surface area (Å²) < 4.78 is 24.3. The molecule has 1 saturated heterocycles. The van der Waals surface area contributed by atoms with Crippen LogP contribution in [0.4, 0.5) is 0 Å². The maximum atomic E-state index is 12.7. The zero-order valence-corrected chi connectivity index (χ0v) is 13.1. The topological polar surface area (TPSA) is 80.5 Å². The molecule has 20 heavy (non-hydrogen) atoms. The van der Waals surface area contributed by atoms with Crippen LogP contribution in [0.1, 0.15) is 45.4 Å². The lowest BCUT2D eigenvalue weighted by molar-refractivity contribution is -0.133. The molecule has 0 aromatic rings. The van der Waals surface area contributed by atoms with Gasteiger partial charge in [0.05, 0.1) is 5.75 Å². The minimum Gasteiger partial charge on any atom is -0.339 e. The third-order valence-electron chi connectivity index (χ3n) is 4.80. The summed E-state index contributed by atoms with van der Waals surface area (Å²) in [4.78, 5) is 14.5. The Bertz CT molecular complexity index is 449. The molecule has 0 aromatic carbocycles. The van der Waals surface area contributed by atoms with Crippen molar-refractivity contribution in [1.82, 2.24) is 4.90 Å². The Balaban J connectivity index is 2.16. The molecular formula is C14H26N2O3S. The molecule has 3 atom stereocenters. The third kappa shape index (κ3) is 3.01. The van der Waals surface area contributed by atoms with E-state index in [1.165, 1.54) is 0 Å². The predicted molar refractivity (Wildman–Crippen MR) is 79.0 cm³/mol. The summed E-state index contributed by atoms with van der Waals surface area (Å²) in [6.07, 6.45) is 5.08. The molecular weight excluding hydrogens is 276 g/mol. The molecule has 0 radical (unpaired) electrons. The maximum absolute atomic E-state index is 12.7. The van der Waals surface area contributed by atoms with E-state index in [0.29, 0.717) is 31.8 Å².